The minimum absolute atomic E-state index is 0.0450. The molecule has 0 spiro atoms. The first kappa shape index (κ1) is 15.3. The maximum Gasteiger partial charge on any atom is 0.331 e. The van der Waals surface area contributed by atoms with E-state index in [-0.39, 0.29) is 12.1 Å². The first-order chi connectivity index (χ1) is 9.15. The molecule has 1 atom stereocenters. The molecule has 0 fully saturated rings. The van der Waals surface area contributed by atoms with Crippen molar-refractivity contribution in [3.63, 3.8) is 0 Å². The van der Waals surface area contributed by atoms with Crippen LogP contribution < -0.4 is 4.74 Å². The second kappa shape index (κ2) is 8.35. The normalized spacial score (nSPS) is 12.4. The molecular weight excluding hydrogens is 240 g/mol. The van der Waals surface area contributed by atoms with Gasteiger partial charge in [0.1, 0.15) is 5.75 Å². The van der Waals surface area contributed by atoms with E-state index in [4.69, 9.17) is 9.47 Å². The van der Waals surface area contributed by atoms with Crippen molar-refractivity contribution in [3.05, 3.63) is 35.9 Å². The van der Waals surface area contributed by atoms with Gasteiger partial charge < -0.3 is 9.47 Å². The molecule has 1 rings (SSSR count). The number of ether oxygens (including phenoxy) is 2. The van der Waals surface area contributed by atoms with Gasteiger partial charge in [-0.3, -0.25) is 0 Å². The van der Waals surface area contributed by atoms with Crippen LogP contribution in [-0.2, 0) is 9.53 Å². The Labute approximate surface area is 115 Å². The molecule has 19 heavy (non-hydrogen) atoms. The van der Waals surface area contributed by atoms with E-state index in [9.17, 15) is 4.79 Å². The lowest BCUT2D eigenvalue weighted by Crippen LogP contribution is -2.11. The summed E-state index contributed by atoms with van der Waals surface area (Å²) in [6.07, 6.45) is 4.94. The van der Waals surface area contributed by atoms with Crippen molar-refractivity contribution < 1.29 is 14.3 Å². The van der Waals surface area contributed by atoms with Gasteiger partial charge in [0.05, 0.1) is 12.7 Å². The molecule has 0 heterocycles. The predicted octanol–water partition coefficient (Wildman–Crippen LogP) is 3.83. The minimum atomic E-state index is -0.311. The van der Waals surface area contributed by atoms with Crippen LogP contribution in [0, 0.1) is 0 Å². The van der Waals surface area contributed by atoms with Crippen LogP contribution in [0.25, 0.3) is 6.08 Å². The molecule has 0 amide bonds. The summed E-state index contributed by atoms with van der Waals surface area (Å²) in [6.45, 7) is 6.62. The van der Waals surface area contributed by atoms with Crippen LogP contribution in [0.1, 0.15) is 39.2 Å². The molecule has 0 radical (unpaired) electrons. The Kier molecular flexibility index (Phi) is 6.72. The van der Waals surface area contributed by atoms with E-state index in [1.54, 1.807) is 6.08 Å². The summed E-state index contributed by atoms with van der Waals surface area (Å²) in [7, 11) is 0. The van der Waals surface area contributed by atoms with Crippen LogP contribution in [0.3, 0.4) is 0 Å². The summed E-state index contributed by atoms with van der Waals surface area (Å²) in [5, 5.41) is 0. The van der Waals surface area contributed by atoms with Crippen LogP contribution in [0.2, 0.25) is 0 Å². The topological polar surface area (TPSA) is 35.5 Å². The first-order valence-electron chi connectivity index (χ1n) is 6.77. The largest absolute Gasteiger partial charge is 0.494 e. The van der Waals surface area contributed by atoms with Crippen LogP contribution in [-0.4, -0.2) is 18.7 Å². The summed E-state index contributed by atoms with van der Waals surface area (Å²) in [4.78, 5) is 11.5. The Balaban J connectivity index is 2.58. The molecule has 0 saturated heterocycles. The lowest BCUT2D eigenvalue weighted by molar-refractivity contribution is -0.142. The van der Waals surface area contributed by atoms with Gasteiger partial charge >= 0.3 is 5.97 Å². The molecule has 0 aliphatic rings. The SMILES string of the molecule is CCCOc1cccc(C=CC(=O)OC(C)CC)c1. The molecule has 1 unspecified atom stereocenters. The zero-order chi connectivity index (χ0) is 14.1. The molecule has 104 valence electrons. The van der Waals surface area contributed by atoms with Gasteiger partial charge in [0.2, 0.25) is 0 Å². The van der Waals surface area contributed by atoms with E-state index >= 15 is 0 Å². The predicted molar refractivity (Wildman–Crippen MR) is 77.1 cm³/mol. The summed E-state index contributed by atoms with van der Waals surface area (Å²) >= 11 is 0. The van der Waals surface area contributed by atoms with Gasteiger partial charge in [0, 0.05) is 6.08 Å². The molecule has 0 bridgehead atoms. The van der Waals surface area contributed by atoms with Crippen molar-refractivity contribution in [2.24, 2.45) is 0 Å². The van der Waals surface area contributed by atoms with Gasteiger partial charge in [-0.15, -0.1) is 0 Å². The van der Waals surface area contributed by atoms with Crippen LogP contribution in [0.4, 0.5) is 0 Å². The van der Waals surface area contributed by atoms with Gasteiger partial charge in [-0.05, 0) is 43.5 Å². The Morgan fingerprint density at radius 2 is 2.16 bits per heavy atom. The van der Waals surface area contributed by atoms with Crippen molar-refractivity contribution in [2.75, 3.05) is 6.61 Å². The highest BCUT2D eigenvalue weighted by atomic mass is 16.5. The van der Waals surface area contributed by atoms with Crippen molar-refractivity contribution in [3.8, 4) is 5.75 Å². The maximum absolute atomic E-state index is 11.5. The number of esters is 1. The minimum Gasteiger partial charge on any atom is -0.494 e. The third-order valence-corrected chi connectivity index (χ3v) is 2.64. The number of carbonyl (C=O) groups excluding carboxylic acids is 1. The number of hydrogen-bond donors (Lipinski definition) is 0. The third kappa shape index (κ3) is 6.09. The van der Waals surface area contributed by atoms with E-state index in [1.165, 1.54) is 6.08 Å². The van der Waals surface area contributed by atoms with Gasteiger partial charge in [-0.2, -0.15) is 0 Å². The summed E-state index contributed by atoms with van der Waals surface area (Å²) < 4.78 is 10.7. The number of rotatable bonds is 7. The van der Waals surface area contributed by atoms with Gasteiger partial charge in [0.25, 0.3) is 0 Å². The zero-order valence-electron chi connectivity index (χ0n) is 11.9. The Bertz CT molecular complexity index is 424. The van der Waals surface area contributed by atoms with E-state index < -0.39 is 0 Å². The summed E-state index contributed by atoms with van der Waals surface area (Å²) in [6, 6.07) is 7.64. The van der Waals surface area contributed by atoms with Crippen LogP contribution in [0.5, 0.6) is 5.75 Å². The number of benzene rings is 1. The highest BCUT2D eigenvalue weighted by Crippen LogP contribution is 2.14. The second-order valence-electron chi connectivity index (χ2n) is 4.41. The first-order valence-corrected chi connectivity index (χ1v) is 6.77. The molecule has 1 aromatic rings. The van der Waals surface area contributed by atoms with E-state index in [0.717, 1.165) is 24.2 Å². The highest BCUT2D eigenvalue weighted by Gasteiger charge is 2.03. The van der Waals surface area contributed by atoms with Crippen molar-refractivity contribution in [1.29, 1.82) is 0 Å². The monoisotopic (exact) mass is 262 g/mol. The molecular formula is C16H22O3. The third-order valence-electron chi connectivity index (χ3n) is 2.64. The fraction of sp³-hybridized carbons (Fsp3) is 0.438. The molecule has 0 aromatic heterocycles. The maximum atomic E-state index is 11.5. The zero-order valence-corrected chi connectivity index (χ0v) is 11.9. The van der Waals surface area contributed by atoms with E-state index in [2.05, 4.69) is 6.92 Å². The second-order valence-corrected chi connectivity index (χ2v) is 4.41. The van der Waals surface area contributed by atoms with Gasteiger partial charge in [0.15, 0.2) is 0 Å². The van der Waals surface area contributed by atoms with Crippen molar-refractivity contribution >= 4 is 12.0 Å². The van der Waals surface area contributed by atoms with Crippen molar-refractivity contribution in [1.82, 2.24) is 0 Å². The number of hydrogen-bond acceptors (Lipinski definition) is 3. The average molecular weight is 262 g/mol. The molecule has 1 aromatic carbocycles. The molecule has 3 heteroatoms. The quantitative estimate of drug-likeness (QED) is 0.553. The Morgan fingerprint density at radius 1 is 1.37 bits per heavy atom. The standard InChI is InChI=1S/C16H22O3/c1-4-11-18-15-8-6-7-14(12-15)9-10-16(17)19-13(3)5-2/h6-10,12-13H,4-5,11H2,1-3H3. The Hall–Kier alpha value is -1.77. The van der Waals surface area contributed by atoms with E-state index in [0.29, 0.717) is 6.61 Å². The van der Waals surface area contributed by atoms with Crippen LogP contribution >= 0.6 is 0 Å². The fourth-order valence-corrected chi connectivity index (χ4v) is 1.41. The smallest absolute Gasteiger partial charge is 0.331 e. The molecule has 3 nitrogen and oxygen atoms in total. The lowest BCUT2D eigenvalue weighted by atomic mass is 10.2. The van der Waals surface area contributed by atoms with Crippen molar-refractivity contribution in [2.45, 2.75) is 39.7 Å². The van der Waals surface area contributed by atoms with Gasteiger partial charge in [-0.1, -0.05) is 26.0 Å². The molecule has 0 aliphatic heterocycles. The molecule has 0 aliphatic carbocycles. The molecule has 0 N–H and O–H groups in total. The number of carbonyl (C=O) groups is 1. The fourth-order valence-electron chi connectivity index (χ4n) is 1.41. The summed E-state index contributed by atoms with van der Waals surface area (Å²) in [5.41, 5.74) is 0.926. The van der Waals surface area contributed by atoms with Crippen LogP contribution in [0.15, 0.2) is 30.3 Å². The molecule has 0 saturated carbocycles. The van der Waals surface area contributed by atoms with E-state index in [1.807, 2.05) is 38.1 Å². The lowest BCUT2D eigenvalue weighted by Gasteiger charge is -2.08. The average Bonchev–Trinajstić information content (AvgIpc) is 2.43. The Morgan fingerprint density at radius 3 is 2.84 bits per heavy atom. The van der Waals surface area contributed by atoms with Gasteiger partial charge in [-0.25, -0.2) is 4.79 Å². The highest BCUT2D eigenvalue weighted by molar-refractivity contribution is 5.87. The summed E-state index contributed by atoms with van der Waals surface area (Å²) in [5.74, 6) is 0.508.